The van der Waals surface area contributed by atoms with E-state index in [1.54, 1.807) is 6.07 Å². The van der Waals surface area contributed by atoms with Gasteiger partial charge in [0.15, 0.2) is 0 Å². The van der Waals surface area contributed by atoms with Crippen LogP contribution in [-0.4, -0.2) is 20.1 Å². The van der Waals surface area contributed by atoms with E-state index < -0.39 is 0 Å². The minimum absolute atomic E-state index is 0.158. The van der Waals surface area contributed by atoms with E-state index in [0.717, 1.165) is 27.7 Å². The van der Waals surface area contributed by atoms with Crippen LogP contribution < -0.4 is 0 Å². The molecule has 1 aromatic heterocycles. The Balaban J connectivity index is 1.37. The van der Waals surface area contributed by atoms with Gasteiger partial charge in [0.25, 0.3) is 0 Å². The van der Waals surface area contributed by atoms with Crippen LogP contribution >= 0.6 is 0 Å². The molecule has 0 aliphatic carbocycles. The number of phenolic OH excluding ortho intramolecular Hbond substituents is 1. The van der Waals surface area contributed by atoms with Crippen molar-refractivity contribution < 1.29 is 5.11 Å². The van der Waals surface area contributed by atoms with Gasteiger partial charge in [0, 0.05) is 0 Å². The molecule has 158 valence electrons. The molecule has 33 heavy (non-hydrogen) atoms. The highest BCUT2D eigenvalue weighted by molar-refractivity contribution is 5.97. The molecule has 4 heteroatoms. The van der Waals surface area contributed by atoms with E-state index in [1.807, 2.05) is 31.2 Å². The van der Waals surface area contributed by atoms with Gasteiger partial charge in [0.2, 0.25) is 0 Å². The van der Waals surface area contributed by atoms with Crippen LogP contribution in [0.2, 0.25) is 0 Å². The zero-order valence-electron chi connectivity index (χ0n) is 18.1. The molecule has 0 amide bonds. The third-order valence-electron chi connectivity index (χ3n) is 6.05. The summed E-state index contributed by atoms with van der Waals surface area (Å²) in [5.74, 6) is 0.158. The zero-order chi connectivity index (χ0) is 22.4. The molecule has 4 nitrogen and oxygen atoms in total. The van der Waals surface area contributed by atoms with Crippen LogP contribution in [0, 0.1) is 6.92 Å². The summed E-state index contributed by atoms with van der Waals surface area (Å²) < 4.78 is 0. The quantitative estimate of drug-likeness (QED) is 0.333. The first-order valence-electron chi connectivity index (χ1n) is 10.9. The summed E-state index contributed by atoms with van der Waals surface area (Å²) in [5.41, 5.74) is 7.80. The fourth-order valence-corrected chi connectivity index (χ4v) is 4.31. The molecule has 0 fully saturated rings. The Labute approximate surface area is 191 Å². The van der Waals surface area contributed by atoms with Gasteiger partial charge in [-0.15, -0.1) is 15.0 Å². The van der Waals surface area contributed by atoms with Crippen molar-refractivity contribution in [1.29, 1.82) is 0 Å². The number of nitrogens with zero attached hydrogens (tertiary/aromatic N) is 3. The largest absolute Gasteiger partial charge is 0.506 e. The number of hydrogen-bond acceptors (Lipinski definition) is 3. The van der Waals surface area contributed by atoms with Gasteiger partial charge in [-0.05, 0) is 69.8 Å². The predicted molar refractivity (Wildman–Crippen MR) is 134 cm³/mol. The van der Waals surface area contributed by atoms with Crippen LogP contribution in [0.25, 0.3) is 49.7 Å². The van der Waals surface area contributed by atoms with Crippen molar-refractivity contribution in [3.8, 4) is 33.7 Å². The normalized spacial score (nSPS) is 11.3. The predicted octanol–water partition coefficient (Wildman–Crippen LogP) is 6.92. The van der Waals surface area contributed by atoms with Gasteiger partial charge in [0.05, 0.1) is 0 Å². The van der Waals surface area contributed by atoms with Crippen molar-refractivity contribution in [3.05, 3.63) is 109 Å². The van der Waals surface area contributed by atoms with Crippen LogP contribution in [0.15, 0.2) is 103 Å². The number of aromatic hydroxyl groups is 1. The molecule has 5 aromatic carbocycles. The Hall–Kier alpha value is -4.44. The molecular formula is C29H21N3O. The van der Waals surface area contributed by atoms with E-state index in [1.165, 1.54) is 26.7 Å². The molecule has 0 aliphatic rings. The van der Waals surface area contributed by atoms with Crippen LogP contribution in [0.1, 0.15) is 5.56 Å². The summed E-state index contributed by atoms with van der Waals surface area (Å²) in [5, 5.41) is 21.9. The first-order chi connectivity index (χ1) is 16.2. The SMILES string of the molecule is Cc1ccc(O)c(-n2nc3ccc(-c4ccc(-c5cccc6ccccc56)cc4)cc3n2)c1. The maximum atomic E-state index is 10.2. The number of rotatable bonds is 3. The number of fused-ring (bicyclic) bond motifs is 2. The molecule has 6 rings (SSSR count). The van der Waals surface area contributed by atoms with Gasteiger partial charge < -0.3 is 5.11 Å². The number of aryl methyl sites for hydroxylation is 1. The Morgan fingerprint density at radius 2 is 1.36 bits per heavy atom. The molecule has 0 saturated heterocycles. The fourth-order valence-electron chi connectivity index (χ4n) is 4.31. The van der Waals surface area contributed by atoms with Crippen molar-refractivity contribution in [2.75, 3.05) is 0 Å². The number of aromatic nitrogens is 3. The summed E-state index contributed by atoms with van der Waals surface area (Å²) in [4.78, 5) is 1.50. The second kappa shape index (κ2) is 7.61. The number of benzene rings is 5. The number of hydrogen-bond donors (Lipinski definition) is 1. The number of phenols is 1. The van der Waals surface area contributed by atoms with E-state index in [0.29, 0.717) is 5.69 Å². The Morgan fingerprint density at radius 1 is 0.636 bits per heavy atom. The maximum absolute atomic E-state index is 10.2. The molecule has 0 aliphatic heterocycles. The molecule has 1 N–H and O–H groups in total. The van der Waals surface area contributed by atoms with Gasteiger partial charge >= 0.3 is 0 Å². The van der Waals surface area contributed by atoms with E-state index >= 15 is 0 Å². The third-order valence-corrected chi connectivity index (χ3v) is 6.05. The lowest BCUT2D eigenvalue weighted by Crippen LogP contribution is -1.99. The Morgan fingerprint density at radius 3 is 2.24 bits per heavy atom. The molecule has 0 unspecified atom stereocenters. The van der Waals surface area contributed by atoms with Crippen molar-refractivity contribution in [2.45, 2.75) is 6.92 Å². The molecule has 0 atom stereocenters. The fraction of sp³-hybridized carbons (Fsp3) is 0.0345. The van der Waals surface area contributed by atoms with Gasteiger partial charge in [-0.3, -0.25) is 0 Å². The highest BCUT2D eigenvalue weighted by Crippen LogP contribution is 2.31. The highest BCUT2D eigenvalue weighted by Gasteiger charge is 2.11. The molecule has 0 bridgehead atoms. The van der Waals surface area contributed by atoms with E-state index in [4.69, 9.17) is 0 Å². The molecule has 0 spiro atoms. The molecule has 6 aromatic rings. The minimum Gasteiger partial charge on any atom is -0.506 e. The van der Waals surface area contributed by atoms with Gasteiger partial charge in [-0.2, -0.15) is 0 Å². The monoisotopic (exact) mass is 427 g/mol. The van der Waals surface area contributed by atoms with Gasteiger partial charge in [0.1, 0.15) is 22.5 Å². The van der Waals surface area contributed by atoms with Crippen molar-refractivity contribution in [1.82, 2.24) is 15.0 Å². The maximum Gasteiger partial charge on any atom is 0.143 e. The second-order valence-electron chi connectivity index (χ2n) is 8.29. The smallest absolute Gasteiger partial charge is 0.143 e. The summed E-state index contributed by atoms with van der Waals surface area (Å²) >= 11 is 0. The third kappa shape index (κ3) is 3.42. The highest BCUT2D eigenvalue weighted by atomic mass is 16.3. The van der Waals surface area contributed by atoms with E-state index in [-0.39, 0.29) is 5.75 Å². The molecule has 0 saturated carbocycles. The average Bonchev–Trinajstić information content (AvgIpc) is 3.28. The molecular weight excluding hydrogens is 406 g/mol. The topological polar surface area (TPSA) is 50.9 Å². The van der Waals surface area contributed by atoms with Gasteiger partial charge in [-0.25, -0.2) is 0 Å². The van der Waals surface area contributed by atoms with Crippen molar-refractivity contribution in [2.24, 2.45) is 0 Å². The standard InChI is InChI=1S/C29H21N3O/c1-19-9-16-29(33)28(17-19)32-30-26-15-14-23(18-27(26)31-32)20-10-12-22(13-11-20)25-8-4-6-21-5-2-3-7-24(21)25/h2-18,33H,1H3. The van der Waals surface area contributed by atoms with Gasteiger partial charge in [-0.1, -0.05) is 78.9 Å². The lowest BCUT2D eigenvalue weighted by atomic mass is 9.96. The van der Waals surface area contributed by atoms with Crippen molar-refractivity contribution in [3.63, 3.8) is 0 Å². The Bertz CT molecular complexity index is 1630. The van der Waals surface area contributed by atoms with Crippen LogP contribution in [0.3, 0.4) is 0 Å². The molecule has 0 radical (unpaired) electrons. The molecule has 1 heterocycles. The average molecular weight is 428 g/mol. The Kier molecular flexibility index (Phi) is 4.44. The second-order valence-corrected chi connectivity index (χ2v) is 8.29. The first-order valence-corrected chi connectivity index (χ1v) is 10.9. The summed E-state index contributed by atoms with van der Waals surface area (Å²) in [6, 6.07) is 35.0. The summed E-state index contributed by atoms with van der Waals surface area (Å²) in [6.45, 7) is 1.98. The van der Waals surface area contributed by atoms with E-state index in [2.05, 4.69) is 83.0 Å². The lowest BCUT2D eigenvalue weighted by Gasteiger charge is -2.08. The van der Waals surface area contributed by atoms with Crippen LogP contribution in [-0.2, 0) is 0 Å². The van der Waals surface area contributed by atoms with Crippen LogP contribution in [0.5, 0.6) is 5.75 Å². The first kappa shape index (κ1) is 19.3. The zero-order valence-corrected chi connectivity index (χ0v) is 18.1. The summed E-state index contributed by atoms with van der Waals surface area (Å²) in [6.07, 6.45) is 0. The van der Waals surface area contributed by atoms with E-state index in [9.17, 15) is 5.11 Å². The van der Waals surface area contributed by atoms with Crippen molar-refractivity contribution >= 4 is 21.8 Å². The summed E-state index contributed by atoms with van der Waals surface area (Å²) in [7, 11) is 0. The lowest BCUT2D eigenvalue weighted by molar-refractivity contribution is 0.467. The minimum atomic E-state index is 0.158. The van der Waals surface area contributed by atoms with Crippen LogP contribution in [0.4, 0.5) is 0 Å².